The Kier molecular flexibility index (Phi) is 3.40. The van der Waals surface area contributed by atoms with Crippen LogP contribution in [-0.4, -0.2) is 9.97 Å². The van der Waals surface area contributed by atoms with E-state index in [1.165, 1.54) is 18.2 Å². The van der Waals surface area contributed by atoms with Crippen molar-refractivity contribution in [3.05, 3.63) is 46.1 Å². The Morgan fingerprint density at radius 3 is 2.53 bits per heavy atom. The Morgan fingerprint density at radius 2 is 1.89 bits per heavy atom. The molecule has 100 valence electrons. The number of aromatic nitrogens is 2. The smallest absolute Gasteiger partial charge is 0.327 e. The van der Waals surface area contributed by atoms with Crippen molar-refractivity contribution >= 4 is 12.2 Å². The summed E-state index contributed by atoms with van der Waals surface area (Å²) in [6.07, 6.45) is -4.59. The first-order chi connectivity index (χ1) is 8.77. The van der Waals surface area contributed by atoms with Gasteiger partial charge in [-0.2, -0.15) is 13.2 Å². The summed E-state index contributed by atoms with van der Waals surface area (Å²) in [7, 11) is 0. The maximum absolute atomic E-state index is 13.6. The number of nitrogens with zero attached hydrogens (tertiary/aromatic N) is 1. The summed E-state index contributed by atoms with van der Waals surface area (Å²) in [4.78, 5) is 5.69. The fourth-order valence-electron chi connectivity index (χ4n) is 1.58. The molecule has 2 aromatic rings. The van der Waals surface area contributed by atoms with Crippen LogP contribution in [0.5, 0.6) is 0 Å². The number of halogens is 4. The first-order valence-electron chi connectivity index (χ1n) is 5.22. The molecule has 19 heavy (non-hydrogen) atoms. The number of rotatable bonds is 1. The molecule has 0 aliphatic carbocycles. The van der Waals surface area contributed by atoms with Crippen molar-refractivity contribution in [3.8, 4) is 11.3 Å². The van der Waals surface area contributed by atoms with Gasteiger partial charge in [0, 0.05) is 5.56 Å². The first kappa shape index (κ1) is 13.7. The van der Waals surface area contributed by atoms with Crippen LogP contribution in [0.2, 0.25) is 0 Å². The summed E-state index contributed by atoms with van der Waals surface area (Å²) in [5.41, 5.74) is -0.489. The molecule has 0 spiro atoms. The van der Waals surface area contributed by atoms with Gasteiger partial charge in [0.15, 0.2) is 4.77 Å². The molecular formula is C12H8F4N2S. The van der Waals surface area contributed by atoms with Gasteiger partial charge in [0.25, 0.3) is 0 Å². The van der Waals surface area contributed by atoms with Crippen LogP contribution in [0.1, 0.15) is 11.3 Å². The van der Waals surface area contributed by atoms with Crippen LogP contribution in [-0.2, 0) is 6.18 Å². The third kappa shape index (κ3) is 2.98. The van der Waals surface area contributed by atoms with Gasteiger partial charge in [-0.05, 0) is 37.3 Å². The maximum atomic E-state index is 13.6. The van der Waals surface area contributed by atoms with Gasteiger partial charge in [0.2, 0.25) is 0 Å². The highest BCUT2D eigenvalue weighted by atomic mass is 32.1. The Bertz CT molecular complexity index is 676. The lowest BCUT2D eigenvalue weighted by molar-refractivity contribution is -0.141. The van der Waals surface area contributed by atoms with E-state index in [-0.39, 0.29) is 16.0 Å². The molecule has 2 rings (SSSR count). The number of nitrogens with one attached hydrogen (secondary N) is 1. The predicted molar refractivity (Wildman–Crippen MR) is 64.6 cm³/mol. The zero-order valence-corrected chi connectivity index (χ0v) is 10.5. The molecule has 0 aliphatic rings. The van der Waals surface area contributed by atoms with Crippen LogP contribution in [0, 0.1) is 17.5 Å². The lowest BCUT2D eigenvalue weighted by Crippen LogP contribution is -2.09. The SMILES string of the molecule is Cc1ccc(F)c(-c2cc(C(F)(F)F)[nH]c(=S)n2)c1. The molecule has 0 aliphatic heterocycles. The number of aromatic amines is 1. The highest BCUT2D eigenvalue weighted by Crippen LogP contribution is 2.30. The van der Waals surface area contributed by atoms with Gasteiger partial charge < -0.3 is 4.98 Å². The van der Waals surface area contributed by atoms with E-state index in [1.807, 2.05) is 4.98 Å². The molecule has 2 nitrogen and oxygen atoms in total. The molecule has 7 heteroatoms. The summed E-state index contributed by atoms with van der Waals surface area (Å²) >= 11 is 4.64. The fraction of sp³-hybridized carbons (Fsp3) is 0.167. The van der Waals surface area contributed by atoms with Gasteiger partial charge in [-0.3, -0.25) is 0 Å². The lowest BCUT2D eigenvalue weighted by atomic mass is 10.1. The number of hydrogen-bond acceptors (Lipinski definition) is 2. The van der Waals surface area contributed by atoms with Crippen molar-refractivity contribution in [3.63, 3.8) is 0 Å². The average molecular weight is 288 g/mol. The average Bonchev–Trinajstić information content (AvgIpc) is 2.30. The standard InChI is InChI=1S/C12H8F4N2S/c1-6-2-3-8(13)7(4-6)9-5-10(12(14,15)16)18-11(19)17-9/h2-5H,1H3,(H,17,18,19). The van der Waals surface area contributed by atoms with Crippen molar-refractivity contribution in [1.82, 2.24) is 9.97 Å². The predicted octanol–water partition coefficient (Wildman–Crippen LogP) is 4.27. The van der Waals surface area contributed by atoms with E-state index in [1.54, 1.807) is 6.92 Å². The van der Waals surface area contributed by atoms with E-state index in [9.17, 15) is 17.6 Å². The zero-order valence-electron chi connectivity index (χ0n) is 9.68. The van der Waals surface area contributed by atoms with Crippen molar-refractivity contribution in [2.75, 3.05) is 0 Å². The molecule has 0 amide bonds. The molecule has 1 aromatic heterocycles. The Morgan fingerprint density at radius 1 is 1.21 bits per heavy atom. The van der Waals surface area contributed by atoms with E-state index in [4.69, 9.17) is 0 Å². The zero-order chi connectivity index (χ0) is 14.2. The van der Waals surface area contributed by atoms with Gasteiger partial charge >= 0.3 is 6.18 Å². The first-order valence-corrected chi connectivity index (χ1v) is 5.63. The number of benzene rings is 1. The molecule has 0 bridgehead atoms. The molecule has 0 unspecified atom stereocenters. The van der Waals surface area contributed by atoms with Crippen molar-refractivity contribution in [2.24, 2.45) is 0 Å². The fourth-order valence-corrected chi connectivity index (χ4v) is 1.79. The lowest BCUT2D eigenvalue weighted by Gasteiger charge is -2.09. The van der Waals surface area contributed by atoms with Crippen LogP contribution in [0.4, 0.5) is 17.6 Å². The van der Waals surface area contributed by atoms with Gasteiger partial charge in [-0.25, -0.2) is 9.37 Å². The van der Waals surface area contributed by atoms with Crippen LogP contribution >= 0.6 is 12.2 Å². The van der Waals surface area contributed by atoms with Gasteiger partial charge in [-0.1, -0.05) is 11.6 Å². The summed E-state index contributed by atoms with van der Waals surface area (Å²) in [6.45, 7) is 1.71. The van der Waals surface area contributed by atoms with Crippen LogP contribution < -0.4 is 0 Å². The summed E-state index contributed by atoms with van der Waals surface area (Å²) in [5.74, 6) is -0.646. The van der Waals surface area contributed by atoms with Gasteiger partial charge in [0.1, 0.15) is 11.5 Å². The normalized spacial score (nSPS) is 11.6. The Hall–Kier alpha value is -1.76. The van der Waals surface area contributed by atoms with E-state index >= 15 is 0 Å². The summed E-state index contributed by atoms with van der Waals surface area (Å²) in [6, 6.07) is 4.87. The minimum absolute atomic E-state index is 0.00870. The topological polar surface area (TPSA) is 28.7 Å². The summed E-state index contributed by atoms with van der Waals surface area (Å²) < 4.78 is 51.2. The molecule has 1 N–H and O–H groups in total. The molecule has 1 heterocycles. The molecule has 0 atom stereocenters. The molecule has 0 radical (unpaired) electrons. The Balaban J connectivity index is 2.66. The second-order valence-electron chi connectivity index (χ2n) is 3.97. The quantitative estimate of drug-likeness (QED) is 0.627. The minimum atomic E-state index is -4.59. The molecule has 1 aromatic carbocycles. The third-order valence-electron chi connectivity index (χ3n) is 2.45. The van der Waals surface area contributed by atoms with Crippen LogP contribution in [0.3, 0.4) is 0 Å². The number of alkyl halides is 3. The maximum Gasteiger partial charge on any atom is 0.431 e. The molecule has 0 fully saturated rings. The van der Waals surface area contributed by atoms with E-state index in [2.05, 4.69) is 17.2 Å². The second kappa shape index (κ2) is 4.73. The minimum Gasteiger partial charge on any atom is -0.327 e. The molecule has 0 saturated carbocycles. The highest BCUT2D eigenvalue weighted by molar-refractivity contribution is 7.71. The van der Waals surface area contributed by atoms with Crippen LogP contribution in [0.25, 0.3) is 11.3 Å². The largest absolute Gasteiger partial charge is 0.431 e. The monoisotopic (exact) mass is 288 g/mol. The van der Waals surface area contributed by atoms with E-state index in [0.29, 0.717) is 5.56 Å². The number of aryl methyl sites for hydroxylation is 1. The van der Waals surface area contributed by atoms with Gasteiger partial charge in [0.05, 0.1) is 5.69 Å². The van der Waals surface area contributed by atoms with Crippen LogP contribution in [0.15, 0.2) is 24.3 Å². The van der Waals surface area contributed by atoms with E-state index in [0.717, 1.165) is 6.07 Å². The molecule has 0 saturated heterocycles. The van der Waals surface area contributed by atoms with E-state index < -0.39 is 17.7 Å². The number of hydrogen-bond donors (Lipinski definition) is 1. The van der Waals surface area contributed by atoms with Crippen molar-refractivity contribution in [1.29, 1.82) is 0 Å². The second-order valence-corrected chi connectivity index (χ2v) is 4.35. The number of H-pyrrole nitrogens is 1. The summed E-state index contributed by atoms with van der Waals surface area (Å²) in [5, 5.41) is 0. The Labute approximate surface area is 111 Å². The van der Waals surface area contributed by atoms with Crippen molar-refractivity contribution in [2.45, 2.75) is 13.1 Å². The third-order valence-corrected chi connectivity index (χ3v) is 2.64. The highest BCUT2D eigenvalue weighted by Gasteiger charge is 2.32. The van der Waals surface area contributed by atoms with Crippen molar-refractivity contribution < 1.29 is 17.6 Å². The van der Waals surface area contributed by atoms with Gasteiger partial charge in [-0.15, -0.1) is 0 Å². The molecular weight excluding hydrogens is 280 g/mol.